The van der Waals surface area contributed by atoms with Gasteiger partial charge in [0.1, 0.15) is 11.6 Å². The lowest BCUT2D eigenvalue weighted by molar-refractivity contribution is -0.119. The summed E-state index contributed by atoms with van der Waals surface area (Å²) in [5, 5.41) is 3.00. The molecule has 1 aromatic carbocycles. The van der Waals surface area contributed by atoms with E-state index >= 15 is 0 Å². The van der Waals surface area contributed by atoms with Crippen molar-refractivity contribution in [1.29, 1.82) is 0 Å². The molecule has 1 fully saturated rings. The summed E-state index contributed by atoms with van der Waals surface area (Å²) < 4.78 is 7.41. The van der Waals surface area contributed by atoms with E-state index in [2.05, 4.69) is 14.9 Å². The molecule has 1 unspecified atom stereocenters. The molecular formula is C15H18ClN3O2. The summed E-state index contributed by atoms with van der Waals surface area (Å²) in [6, 6.07) is 6.04. The van der Waals surface area contributed by atoms with Gasteiger partial charge >= 0.3 is 0 Å². The van der Waals surface area contributed by atoms with Crippen LogP contribution in [0.4, 0.5) is 0 Å². The van der Waals surface area contributed by atoms with Gasteiger partial charge in [-0.25, -0.2) is 4.98 Å². The maximum Gasteiger partial charge on any atom is 0.220 e. The average molecular weight is 308 g/mol. The summed E-state index contributed by atoms with van der Waals surface area (Å²) in [5.41, 5.74) is 1.95. The highest BCUT2D eigenvalue weighted by Gasteiger charge is 2.23. The van der Waals surface area contributed by atoms with E-state index < -0.39 is 0 Å². The first-order chi connectivity index (χ1) is 10.2. The molecule has 5 nitrogen and oxygen atoms in total. The maximum absolute atomic E-state index is 11.4. The molecule has 1 aromatic heterocycles. The lowest BCUT2D eigenvalue weighted by Gasteiger charge is -2.14. The van der Waals surface area contributed by atoms with Gasteiger partial charge in [-0.15, -0.1) is 11.6 Å². The monoisotopic (exact) mass is 307 g/mol. The van der Waals surface area contributed by atoms with E-state index in [1.165, 1.54) is 0 Å². The van der Waals surface area contributed by atoms with Crippen LogP contribution in [-0.4, -0.2) is 34.5 Å². The maximum atomic E-state index is 11.4. The highest BCUT2D eigenvalue weighted by atomic mass is 35.5. The summed E-state index contributed by atoms with van der Waals surface area (Å²) in [6.45, 7) is 0.737. The molecule has 2 aromatic rings. The highest BCUT2D eigenvalue weighted by molar-refractivity contribution is 6.17. The quantitative estimate of drug-likeness (QED) is 0.861. The van der Waals surface area contributed by atoms with Gasteiger partial charge in [0, 0.05) is 37.4 Å². The van der Waals surface area contributed by atoms with Crippen molar-refractivity contribution < 1.29 is 9.53 Å². The lowest BCUT2D eigenvalue weighted by Crippen LogP contribution is -2.30. The van der Waals surface area contributed by atoms with Gasteiger partial charge < -0.3 is 14.6 Å². The third kappa shape index (κ3) is 2.83. The zero-order chi connectivity index (χ0) is 14.8. The van der Waals surface area contributed by atoms with E-state index in [0.29, 0.717) is 18.7 Å². The van der Waals surface area contributed by atoms with Crippen molar-refractivity contribution in [2.75, 3.05) is 13.0 Å². The van der Waals surface area contributed by atoms with Gasteiger partial charge in [0.05, 0.1) is 18.1 Å². The Labute approximate surface area is 128 Å². The number of fused-ring (bicyclic) bond motifs is 1. The normalized spacial score (nSPS) is 18.2. The second-order valence-corrected chi connectivity index (χ2v) is 5.61. The summed E-state index contributed by atoms with van der Waals surface area (Å²) in [5.74, 6) is 2.40. The molecule has 0 saturated carbocycles. The van der Waals surface area contributed by atoms with Crippen LogP contribution < -0.4 is 10.1 Å². The summed E-state index contributed by atoms with van der Waals surface area (Å²) in [6.07, 6.45) is 2.18. The number of carbonyl (C=O) groups excluding carboxylic acids is 1. The number of rotatable bonds is 5. The van der Waals surface area contributed by atoms with E-state index in [4.69, 9.17) is 16.3 Å². The molecule has 1 N–H and O–H groups in total. The number of hydrogen-bond acceptors (Lipinski definition) is 3. The molecule has 1 atom stereocenters. The molecule has 0 bridgehead atoms. The highest BCUT2D eigenvalue weighted by Crippen LogP contribution is 2.23. The van der Waals surface area contributed by atoms with Gasteiger partial charge in [-0.1, -0.05) is 0 Å². The fourth-order valence-corrected chi connectivity index (χ4v) is 2.97. The molecule has 2 heterocycles. The van der Waals surface area contributed by atoms with Gasteiger partial charge in [0.15, 0.2) is 0 Å². The predicted molar refractivity (Wildman–Crippen MR) is 81.9 cm³/mol. The van der Waals surface area contributed by atoms with E-state index in [9.17, 15) is 4.79 Å². The van der Waals surface area contributed by atoms with Gasteiger partial charge in [-0.05, 0) is 18.6 Å². The van der Waals surface area contributed by atoms with Crippen molar-refractivity contribution in [2.24, 2.45) is 0 Å². The Balaban J connectivity index is 1.97. The van der Waals surface area contributed by atoms with Crippen LogP contribution in [0, 0.1) is 0 Å². The minimum atomic E-state index is 0.130. The molecule has 3 rings (SSSR count). The van der Waals surface area contributed by atoms with Crippen molar-refractivity contribution in [3.63, 3.8) is 0 Å². The fraction of sp³-hybridized carbons (Fsp3) is 0.467. The molecule has 21 heavy (non-hydrogen) atoms. The van der Waals surface area contributed by atoms with Gasteiger partial charge in [-0.2, -0.15) is 0 Å². The number of hydrogen-bond donors (Lipinski definition) is 1. The van der Waals surface area contributed by atoms with E-state index in [-0.39, 0.29) is 11.9 Å². The topological polar surface area (TPSA) is 56.2 Å². The van der Waals surface area contributed by atoms with Crippen molar-refractivity contribution in [3.8, 4) is 5.75 Å². The largest absolute Gasteiger partial charge is 0.497 e. The summed E-state index contributed by atoms with van der Waals surface area (Å²) in [4.78, 5) is 16.0. The molecule has 1 amide bonds. The number of halogens is 1. The zero-order valence-corrected chi connectivity index (χ0v) is 12.7. The van der Waals surface area contributed by atoms with Gasteiger partial charge in [0.25, 0.3) is 0 Å². The molecule has 0 aliphatic carbocycles. The zero-order valence-electron chi connectivity index (χ0n) is 11.9. The van der Waals surface area contributed by atoms with E-state index in [1.54, 1.807) is 7.11 Å². The first-order valence-corrected chi connectivity index (χ1v) is 7.63. The van der Waals surface area contributed by atoms with Crippen LogP contribution in [0.15, 0.2) is 18.2 Å². The minimum absolute atomic E-state index is 0.130. The standard InChI is InChI=1S/C15H18ClN3O2/c1-21-11-3-4-13-12(8-11)18-14(6-7-16)19(13)9-10-2-5-15(20)17-10/h3-4,8,10H,2,5-7,9H2,1H3,(H,17,20). The molecule has 112 valence electrons. The van der Waals surface area contributed by atoms with E-state index in [1.807, 2.05) is 18.2 Å². The number of aromatic nitrogens is 2. The molecule has 0 spiro atoms. The Morgan fingerprint density at radius 2 is 2.38 bits per heavy atom. The number of imidazole rings is 1. The Bertz CT molecular complexity index is 668. The number of alkyl halides is 1. The smallest absolute Gasteiger partial charge is 0.220 e. The van der Waals surface area contributed by atoms with Crippen LogP contribution in [0.1, 0.15) is 18.7 Å². The molecule has 1 aliphatic rings. The molecule has 1 aliphatic heterocycles. The number of methoxy groups -OCH3 is 1. The minimum Gasteiger partial charge on any atom is -0.497 e. The first-order valence-electron chi connectivity index (χ1n) is 7.09. The Morgan fingerprint density at radius 1 is 1.52 bits per heavy atom. The summed E-state index contributed by atoms with van der Waals surface area (Å²) in [7, 11) is 1.64. The predicted octanol–water partition coefficient (Wildman–Crippen LogP) is 2.10. The SMILES string of the molecule is COc1ccc2c(c1)nc(CCCl)n2CC1CCC(=O)N1. The average Bonchev–Trinajstić information content (AvgIpc) is 3.04. The molecule has 0 radical (unpaired) electrons. The van der Waals surface area contributed by atoms with Crippen molar-refractivity contribution in [2.45, 2.75) is 31.8 Å². The number of benzene rings is 1. The first kappa shape index (κ1) is 14.2. The number of aryl methyl sites for hydroxylation is 1. The Hall–Kier alpha value is -1.75. The second kappa shape index (κ2) is 5.93. The van der Waals surface area contributed by atoms with Crippen LogP contribution in [0.5, 0.6) is 5.75 Å². The molecular weight excluding hydrogens is 290 g/mol. The van der Waals surface area contributed by atoms with Crippen molar-refractivity contribution >= 4 is 28.5 Å². The van der Waals surface area contributed by atoms with Crippen LogP contribution in [0.3, 0.4) is 0 Å². The van der Waals surface area contributed by atoms with Gasteiger partial charge in [-0.3, -0.25) is 4.79 Å². The third-order valence-corrected chi connectivity index (χ3v) is 4.03. The van der Waals surface area contributed by atoms with Crippen LogP contribution in [-0.2, 0) is 17.8 Å². The van der Waals surface area contributed by atoms with E-state index in [0.717, 1.165) is 35.6 Å². The lowest BCUT2D eigenvalue weighted by atomic mass is 10.2. The number of ether oxygens (including phenoxy) is 1. The van der Waals surface area contributed by atoms with Crippen LogP contribution in [0.2, 0.25) is 0 Å². The summed E-state index contributed by atoms with van der Waals surface area (Å²) >= 11 is 5.89. The Kier molecular flexibility index (Phi) is 4.01. The number of nitrogens with zero attached hydrogens (tertiary/aromatic N) is 2. The number of nitrogens with one attached hydrogen (secondary N) is 1. The Morgan fingerprint density at radius 3 is 3.05 bits per heavy atom. The van der Waals surface area contributed by atoms with Crippen LogP contribution in [0.25, 0.3) is 11.0 Å². The molecule has 6 heteroatoms. The molecule has 1 saturated heterocycles. The third-order valence-electron chi connectivity index (χ3n) is 3.84. The second-order valence-electron chi connectivity index (χ2n) is 5.24. The van der Waals surface area contributed by atoms with Crippen molar-refractivity contribution in [1.82, 2.24) is 14.9 Å². The van der Waals surface area contributed by atoms with Crippen molar-refractivity contribution in [3.05, 3.63) is 24.0 Å². The number of amides is 1. The number of carbonyl (C=O) groups is 1. The van der Waals surface area contributed by atoms with Crippen LogP contribution >= 0.6 is 11.6 Å². The van der Waals surface area contributed by atoms with Gasteiger partial charge in [0.2, 0.25) is 5.91 Å². The fourth-order valence-electron chi connectivity index (χ4n) is 2.80.